The highest BCUT2D eigenvalue weighted by molar-refractivity contribution is 6.42. The number of hydrogen-bond donors (Lipinski definition) is 1. The molecule has 0 radical (unpaired) electrons. The zero-order chi connectivity index (χ0) is 15.6. The Morgan fingerprint density at radius 1 is 1.24 bits per heavy atom. The number of hydrogen-bond acceptors (Lipinski definition) is 4. The summed E-state index contributed by atoms with van der Waals surface area (Å²) >= 11 is 11.6. The number of halogens is 5. The average molecular weight is 341 g/mol. The van der Waals surface area contributed by atoms with Gasteiger partial charge in [0, 0.05) is 6.42 Å². The molecule has 0 bridgehead atoms. The van der Waals surface area contributed by atoms with Gasteiger partial charge in [0.15, 0.2) is 11.9 Å². The van der Waals surface area contributed by atoms with E-state index < -0.39 is 18.7 Å². The highest BCUT2D eigenvalue weighted by Gasteiger charge is 2.39. The van der Waals surface area contributed by atoms with Gasteiger partial charge in [0.05, 0.1) is 16.5 Å². The summed E-state index contributed by atoms with van der Waals surface area (Å²) in [6.07, 6.45) is -7.81. The van der Waals surface area contributed by atoms with Crippen LogP contribution in [0.1, 0.15) is 17.3 Å². The molecule has 1 unspecified atom stereocenters. The van der Waals surface area contributed by atoms with Crippen molar-refractivity contribution in [3.63, 3.8) is 0 Å². The Labute approximate surface area is 127 Å². The molecule has 1 atom stereocenters. The van der Waals surface area contributed by atoms with E-state index in [0.29, 0.717) is 10.0 Å². The van der Waals surface area contributed by atoms with E-state index in [-0.39, 0.29) is 18.1 Å². The molecule has 0 spiro atoms. The molecule has 0 aliphatic heterocycles. The second-order valence-electron chi connectivity index (χ2n) is 4.29. The van der Waals surface area contributed by atoms with Gasteiger partial charge in [-0.3, -0.25) is 0 Å². The number of rotatable bonds is 4. The van der Waals surface area contributed by atoms with E-state index in [0.717, 1.165) is 5.56 Å². The number of nitrogens with zero attached hydrogens (tertiary/aromatic N) is 2. The van der Waals surface area contributed by atoms with Crippen LogP contribution in [0.15, 0.2) is 22.7 Å². The molecular formula is C12H9Cl2F3N2O2. The quantitative estimate of drug-likeness (QED) is 0.926. The molecule has 2 aromatic rings. The number of aliphatic hydroxyl groups is 1. The lowest BCUT2D eigenvalue weighted by Gasteiger charge is -2.11. The van der Waals surface area contributed by atoms with Crippen LogP contribution in [0.5, 0.6) is 0 Å². The monoisotopic (exact) mass is 340 g/mol. The van der Waals surface area contributed by atoms with Crippen molar-refractivity contribution in [3.8, 4) is 0 Å². The van der Waals surface area contributed by atoms with Crippen molar-refractivity contribution in [2.75, 3.05) is 0 Å². The maximum Gasteiger partial charge on any atom is 0.414 e. The summed E-state index contributed by atoms with van der Waals surface area (Å²) in [7, 11) is 0. The van der Waals surface area contributed by atoms with Gasteiger partial charge in [0.25, 0.3) is 0 Å². The van der Waals surface area contributed by atoms with Gasteiger partial charge < -0.3 is 9.63 Å². The Morgan fingerprint density at radius 2 is 1.95 bits per heavy atom. The molecule has 114 valence electrons. The van der Waals surface area contributed by atoms with Crippen molar-refractivity contribution in [1.29, 1.82) is 0 Å². The summed E-state index contributed by atoms with van der Waals surface area (Å²) in [5, 5.41) is 13.2. The van der Waals surface area contributed by atoms with Crippen LogP contribution in [-0.2, 0) is 12.8 Å². The lowest BCUT2D eigenvalue weighted by Crippen LogP contribution is -2.30. The van der Waals surface area contributed by atoms with Gasteiger partial charge in [0.2, 0.25) is 5.89 Å². The second kappa shape index (κ2) is 6.21. The molecule has 0 saturated carbocycles. The lowest BCUT2D eigenvalue weighted by molar-refractivity contribution is -0.204. The number of aliphatic hydroxyl groups excluding tert-OH is 1. The SMILES string of the molecule is OC(Cc1nc(Cc2ccc(Cl)c(Cl)c2)no1)C(F)(F)F. The van der Waals surface area contributed by atoms with E-state index in [1.807, 2.05) is 0 Å². The third-order valence-corrected chi connectivity index (χ3v) is 3.34. The highest BCUT2D eigenvalue weighted by atomic mass is 35.5. The van der Waals surface area contributed by atoms with Crippen LogP contribution in [0.2, 0.25) is 10.0 Å². The van der Waals surface area contributed by atoms with Crippen LogP contribution < -0.4 is 0 Å². The third-order valence-electron chi connectivity index (χ3n) is 2.60. The summed E-state index contributed by atoms with van der Waals surface area (Å²) < 4.78 is 41.3. The lowest BCUT2D eigenvalue weighted by atomic mass is 10.1. The molecule has 21 heavy (non-hydrogen) atoms. The molecule has 0 amide bonds. The first-order chi connectivity index (χ1) is 9.75. The Bertz CT molecular complexity index is 631. The molecule has 2 rings (SSSR count). The Hall–Kier alpha value is -1.31. The fourth-order valence-electron chi connectivity index (χ4n) is 1.56. The summed E-state index contributed by atoms with van der Waals surface area (Å²) in [6, 6.07) is 4.88. The summed E-state index contributed by atoms with van der Waals surface area (Å²) in [5.41, 5.74) is 0.730. The molecule has 1 heterocycles. The van der Waals surface area contributed by atoms with Crippen LogP contribution in [0.25, 0.3) is 0 Å². The fourth-order valence-corrected chi connectivity index (χ4v) is 1.88. The first kappa shape index (κ1) is 16.1. The third kappa shape index (κ3) is 4.33. The molecular weight excluding hydrogens is 332 g/mol. The predicted octanol–water partition coefficient (Wildman–Crippen LogP) is 3.43. The Morgan fingerprint density at radius 3 is 2.57 bits per heavy atom. The summed E-state index contributed by atoms with van der Waals surface area (Å²) in [5.74, 6) is -0.0901. The van der Waals surface area contributed by atoms with Crippen LogP contribution in [0, 0.1) is 0 Å². The zero-order valence-electron chi connectivity index (χ0n) is 10.4. The largest absolute Gasteiger partial charge is 0.414 e. The maximum absolute atomic E-state index is 12.2. The standard InChI is InChI=1S/C12H9Cl2F3N2O2/c13-7-2-1-6(3-8(7)14)4-10-18-11(21-19-10)5-9(20)12(15,16)17/h1-3,9,20H,4-5H2. The van der Waals surface area contributed by atoms with Gasteiger partial charge in [-0.2, -0.15) is 18.2 Å². The minimum absolute atomic E-state index is 0.192. The normalized spacial score (nSPS) is 13.4. The van der Waals surface area contributed by atoms with Gasteiger partial charge >= 0.3 is 6.18 Å². The van der Waals surface area contributed by atoms with Crippen molar-refractivity contribution >= 4 is 23.2 Å². The van der Waals surface area contributed by atoms with Crippen LogP contribution in [0.4, 0.5) is 13.2 Å². The smallest absolute Gasteiger partial charge is 0.383 e. The Kier molecular flexibility index (Phi) is 4.75. The van der Waals surface area contributed by atoms with Crippen molar-refractivity contribution in [2.24, 2.45) is 0 Å². The molecule has 0 aliphatic carbocycles. The average Bonchev–Trinajstić information content (AvgIpc) is 2.80. The summed E-state index contributed by atoms with van der Waals surface area (Å²) in [6.45, 7) is 0. The van der Waals surface area contributed by atoms with Gasteiger partial charge in [-0.15, -0.1) is 0 Å². The fraction of sp³-hybridized carbons (Fsp3) is 0.333. The molecule has 0 fully saturated rings. The molecule has 9 heteroatoms. The molecule has 1 aromatic heterocycles. The zero-order valence-corrected chi connectivity index (χ0v) is 11.9. The van der Waals surface area contributed by atoms with Gasteiger partial charge in [-0.05, 0) is 17.7 Å². The van der Waals surface area contributed by atoms with Crippen molar-refractivity contribution < 1.29 is 22.8 Å². The molecule has 1 N–H and O–H groups in total. The van der Waals surface area contributed by atoms with Gasteiger partial charge in [-0.1, -0.05) is 34.4 Å². The van der Waals surface area contributed by atoms with E-state index in [1.54, 1.807) is 18.2 Å². The number of benzene rings is 1. The van der Waals surface area contributed by atoms with E-state index in [1.165, 1.54) is 0 Å². The molecule has 4 nitrogen and oxygen atoms in total. The minimum Gasteiger partial charge on any atom is -0.383 e. The summed E-state index contributed by atoms with van der Waals surface area (Å²) in [4.78, 5) is 3.80. The first-order valence-electron chi connectivity index (χ1n) is 5.76. The molecule has 0 saturated heterocycles. The van der Waals surface area contributed by atoms with E-state index in [9.17, 15) is 13.2 Å². The van der Waals surface area contributed by atoms with Crippen molar-refractivity contribution in [3.05, 3.63) is 45.5 Å². The second-order valence-corrected chi connectivity index (χ2v) is 5.11. The number of alkyl halides is 3. The minimum atomic E-state index is -4.72. The van der Waals surface area contributed by atoms with Gasteiger partial charge in [0.1, 0.15) is 0 Å². The maximum atomic E-state index is 12.2. The molecule has 0 aliphatic rings. The van der Waals surface area contributed by atoms with Gasteiger partial charge in [-0.25, -0.2) is 0 Å². The van der Waals surface area contributed by atoms with E-state index in [2.05, 4.69) is 14.7 Å². The molecule has 1 aromatic carbocycles. The van der Waals surface area contributed by atoms with Crippen LogP contribution in [0.3, 0.4) is 0 Å². The van der Waals surface area contributed by atoms with Crippen LogP contribution in [-0.4, -0.2) is 27.5 Å². The number of aromatic nitrogens is 2. The van der Waals surface area contributed by atoms with E-state index >= 15 is 0 Å². The predicted molar refractivity (Wildman–Crippen MR) is 69.3 cm³/mol. The van der Waals surface area contributed by atoms with Crippen molar-refractivity contribution in [1.82, 2.24) is 10.1 Å². The van der Waals surface area contributed by atoms with Crippen molar-refractivity contribution in [2.45, 2.75) is 25.1 Å². The van der Waals surface area contributed by atoms with Crippen LogP contribution >= 0.6 is 23.2 Å². The highest BCUT2D eigenvalue weighted by Crippen LogP contribution is 2.24. The van der Waals surface area contributed by atoms with E-state index in [4.69, 9.17) is 28.3 Å². The topological polar surface area (TPSA) is 59.2 Å². The first-order valence-corrected chi connectivity index (χ1v) is 6.51. The Balaban J connectivity index is 2.04.